The van der Waals surface area contributed by atoms with Crippen LogP contribution in [0.3, 0.4) is 0 Å². The maximum Gasteiger partial charge on any atom is 0.0755 e. The first kappa shape index (κ1) is 7.86. The molecule has 1 aromatic carbocycles. The van der Waals surface area contributed by atoms with Crippen LogP contribution in [0.2, 0.25) is 0 Å². The summed E-state index contributed by atoms with van der Waals surface area (Å²) in [6, 6.07) is 6.02. The fourth-order valence-electron chi connectivity index (χ4n) is 1.56. The molecule has 1 heterocycles. The van der Waals surface area contributed by atoms with Crippen molar-refractivity contribution in [2.75, 3.05) is 0 Å². The van der Waals surface area contributed by atoms with E-state index in [1.165, 1.54) is 11.8 Å². The Hall–Kier alpha value is -1.77. The molecule has 0 aliphatic rings. The number of fused-ring (bicyclic) bond motifs is 1. The van der Waals surface area contributed by atoms with Crippen LogP contribution in [0.25, 0.3) is 10.9 Å². The van der Waals surface area contributed by atoms with Crippen molar-refractivity contribution in [2.45, 2.75) is 6.92 Å². The highest BCUT2D eigenvalue weighted by molar-refractivity contribution is 6.00. The number of benzene rings is 1. The number of hydrogen-bond donors (Lipinski definition) is 2. The standard InChI is InChI=1S/C10H10N2O/c1-7-3-2-4-9-10(7)8(5-11-9)6-12-13/h2-6,11,13H,1H3/b12-6-. The lowest BCUT2D eigenvalue weighted by atomic mass is 10.1. The highest BCUT2D eigenvalue weighted by atomic mass is 16.4. The highest BCUT2D eigenvalue weighted by Crippen LogP contribution is 2.20. The molecule has 0 radical (unpaired) electrons. The molecule has 2 rings (SSSR count). The van der Waals surface area contributed by atoms with E-state index < -0.39 is 0 Å². The Morgan fingerprint density at radius 2 is 2.31 bits per heavy atom. The summed E-state index contributed by atoms with van der Waals surface area (Å²) in [5, 5.41) is 12.6. The van der Waals surface area contributed by atoms with Crippen LogP contribution in [0.1, 0.15) is 11.1 Å². The lowest BCUT2D eigenvalue weighted by molar-refractivity contribution is 0.322. The first-order valence-electron chi connectivity index (χ1n) is 4.07. The van der Waals surface area contributed by atoms with Gasteiger partial charge in [-0.2, -0.15) is 0 Å². The van der Waals surface area contributed by atoms with Crippen LogP contribution >= 0.6 is 0 Å². The third kappa shape index (κ3) is 1.18. The van der Waals surface area contributed by atoms with E-state index >= 15 is 0 Å². The average molecular weight is 174 g/mol. The minimum absolute atomic E-state index is 0.913. The molecule has 0 aliphatic carbocycles. The quantitative estimate of drug-likeness (QED) is 0.389. The first-order valence-corrected chi connectivity index (χ1v) is 4.07. The summed E-state index contributed by atoms with van der Waals surface area (Å²) in [6.07, 6.45) is 3.27. The number of oxime groups is 1. The number of aryl methyl sites for hydroxylation is 1. The Morgan fingerprint density at radius 3 is 3.08 bits per heavy atom. The van der Waals surface area contributed by atoms with Crippen molar-refractivity contribution in [2.24, 2.45) is 5.16 Å². The Bertz CT molecular complexity index is 457. The SMILES string of the molecule is Cc1cccc2[nH]cc(/C=N\O)c12. The second kappa shape index (κ2) is 2.94. The Kier molecular flexibility index (Phi) is 1.77. The zero-order chi connectivity index (χ0) is 9.26. The largest absolute Gasteiger partial charge is 0.411 e. The lowest BCUT2D eigenvalue weighted by Gasteiger charge is -1.95. The van der Waals surface area contributed by atoms with Gasteiger partial charge in [0, 0.05) is 22.7 Å². The van der Waals surface area contributed by atoms with E-state index in [1.807, 2.05) is 31.3 Å². The van der Waals surface area contributed by atoms with E-state index in [0.717, 1.165) is 16.5 Å². The Labute approximate surface area is 75.7 Å². The van der Waals surface area contributed by atoms with Crippen LogP contribution in [0.4, 0.5) is 0 Å². The van der Waals surface area contributed by atoms with E-state index in [2.05, 4.69) is 10.1 Å². The van der Waals surface area contributed by atoms with E-state index in [1.54, 1.807) is 0 Å². The molecule has 2 aromatic rings. The summed E-state index contributed by atoms with van der Waals surface area (Å²) in [5.41, 5.74) is 3.15. The minimum Gasteiger partial charge on any atom is -0.411 e. The zero-order valence-corrected chi connectivity index (χ0v) is 7.28. The molecular formula is C10H10N2O. The molecule has 13 heavy (non-hydrogen) atoms. The van der Waals surface area contributed by atoms with Gasteiger partial charge in [0.1, 0.15) is 0 Å². The fraction of sp³-hybridized carbons (Fsp3) is 0.100. The van der Waals surface area contributed by atoms with Crippen molar-refractivity contribution in [3.63, 3.8) is 0 Å². The van der Waals surface area contributed by atoms with Gasteiger partial charge in [0.05, 0.1) is 6.21 Å². The monoisotopic (exact) mass is 174 g/mol. The van der Waals surface area contributed by atoms with Gasteiger partial charge in [-0.05, 0) is 18.6 Å². The number of nitrogens with zero attached hydrogens (tertiary/aromatic N) is 1. The van der Waals surface area contributed by atoms with Gasteiger partial charge in [-0.25, -0.2) is 0 Å². The number of hydrogen-bond acceptors (Lipinski definition) is 2. The van der Waals surface area contributed by atoms with Crippen LogP contribution in [-0.4, -0.2) is 16.4 Å². The Morgan fingerprint density at radius 1 is 1.46 bits per heavy atom. The van der Waals surface area contributed by atoms with Crippen molar-refractivity contribution >= 4 is 17.1 Å². The number of aromatic amines is 1. The average Bonchev–Trinajstić information content (AvgIpc) is 2.51. The number of H-pyrrole nitrogens is 1. The van der Waals surface area contributed by atoms with Crippen LogP contribution < -0.4 is 0 Å². The van der Waals surface area contributed by atoms with E-state index in [4.69, 9.17) is 5.21 Å². The Balaban J connectivity index is 2.78. The predicted octanol–water partition coefficient (Wildman–Crippen LogP) is 2.28. The zero-order valence-electron chi connectivity index (χ0n) is 7.28. The molecule has 2 N–H and O–H groups in total. The molecule has 3 heteroatoms. The van der Waals surface area contributed by atoms with Crippen molar-refractivity contribution in [3.8, 4) is 0 Å². The third-order valence-corrected chi connectivity index (χ3v) is 2.14. The lowest BCUT2D eigenvalue weighted by Crippen LogP contribution is -1.80. The van der Waals surface area contributed by atoms with Gasteiger partial charge in [-0.3, -0.25) is 0 Å². The highest BCUT2D eigenvalue weighted by Gasteiger charge is 2.02. The number of aromatic nitrogens is 1. The van der Waals surface area contributed by atoms with Crippen LogP contribution in [0, 0.1) is 6.92 Å². The van der Waals surface area contributed by atoms with Crippen LogP contribution in [-0.2, 0) is 0 Å². The van der Waals surface area contributed by atoms with E-state index in [-0.39, 0.29) is 0 Å². The summed E-state index contributed by atoms with van der Waals surface area (Å²) in [6.45, 7) is 2.03. The van der Waals surface area contributed by atoms with Gasteiger partial charge in [0.2, 0.25) is 0 Å². The van der Waals surface area contributed by atoms with E-state index in [0.29, 0.717) is 0 Å². The van der Waals surface area contributed by atoms with Crippen molar-refractivity contribution < 1.29 is 5.21 Å². The van der Waals surface area contributed by atoms with Crippen LogP contribution in [0.15, 0.2) is 29.6 Å². The summed E-state index contributed by atoms with van der Waals surface area (Å²) >= 11 is 0. The molecule has 1 aromatic heterocycles. The molecule has 3 nitrogen and oxygen atoms in total. The molecule has 0 spiro atoms. The molecule has 0 amide bonds. The number of rotatable bonds is 1. The molecule has 0 saturated heterocycles. The topological polar surface area (TPSA) is 48.4 Å². The molecule has 0 saturated carbocycles. The summed E-state index contributed by atoms with van der Waals surface area (Å²) in [5.74, 6) is 0. The van der Waals surface area contributed by atoms with Crippen molar-refractivity contribution in [3.05, 3.63) is 35.5 Å². The summed E-state index contributed by atoms with van der Waals surface area (Å²) in [4.78, 5) is 3.11. The van der Waals surface area contributed by atoms with Crippen molar-refractivity contribution in [1.82, 2.24) is 4.98 Å². The van der Waals surface area contributed by atoms with Gasteiger partial charge >= 0.3 is 0 Å². The molecule has 0 fully saturated rings. The fourth-order valence-corrected chi connectivity index (χ4v) is 1.56. The minimum atomic E-state index is 0.913. The second-order valence-electron chi connectivity index (χ2n) is 2.99. The van der Waals surface area contributed by atoms with Gasteiger partial charge in [0.25, 0.3) is 0 Å². The summed E-state index contributed by atoms with van der Waals surface area (Å²) in [7, 11) is 0. The van der Waals surface area contributed by atoms with Gasteiger partial charge in [0.15, 0.2) is 0 Å². The maximum absolute atomic E-state index is 8.44. The maximum atomic E-state index is 8.44. The second-order valence-corrected chi connectivity index (χ2v) is 2.99. The van der Waals surface area contributed by atoms with Gasteiger partial charge < -0.3 is 10.2 Å². The number of nitrogens with one attached hydrogen (secondary N) is 1. The molecular weight excluding hydrogens is 164 g/mol. The van der Waals surface area contributed by atoms with Crippen LogP contribution in [0.5, 0.6) is 0 Å². The molecule has 0 aliphatic heterocycles. The summed E-state index contributed by atoms with van der Waals surface area (Å²) < 4.78 is 0. The molecule has 66 valence electrons. The third-order valence-electron chi connectivity index (χ3n) is 2.14. The molecule has 0 unspecified atom stereocenters. The normalized spacial score (nSPS) is 11.5. The van der Waals surface area contributed by atoms with Gasteiger partial charge in [-0.15, -0.1) is 0 Å². The van der Waals surface area contributed by atoms with Gasteiger partial charge in [-0.1, -0.05) is 17.3 Å². The smallest absolute Gasteiger partial charge is 0.0755 e. The predicted molar refractivity (Wildman–Crippen MR) is 52.4 cm³/mol. The van der Waals surface area contributed by atoms with E-state index in [9.17, 15) is 0 Å². The first-order chi connectivity index (χ1) is 6.33. The molecule has 0 bridgehead atoms. The molecule has 0 atom stereocenters. The van der Waals surface area contributed by atoms with Crippen molar-refractivity contribution in [1.29, 1.82) is 0 Å².